The van der Waals surface area contributed by atoms with Crippen molar-refractivity contribution in [3.63, 3.8) is 0 Å². The Balaban J connectivity index is 2.35. The van der Waals surface area contributed by atoms with Crippen molar-refractivity contribution < 1.29 is 4.79 Å². The van der Waals surface area contributed by atoms with Gasteiger partial charge in [0.15, 0.2) is 0 Å². The predicted octanol–water partition coefficient (Wildman–Crippen LogP) is 0.473. The average Bonchev–Trinajstić information content (AvgIpc) is 2.98. The van der Waals surface area contributed by atoms with Crippen molar-refractivity contribution in [2.45, 2.75) is 20.0 Å². The molecule has 1 amide bonds. The lowest BCUT2D eigenvalue weighted by Gasteiger charge is -2.09. The number of thiophene rings is 1. The molecule has 0 atom stereocenters. The summed E-state index contributed by atoms with van der Waals surface area (Å²) in [5.41, 5.74) is -1.40. The summed E-state index contributed by atoms with van der Waals surface area (Å²) in [7, 11) is 0. The predicted molar refractivity (Wildman–Crippen MR) is 83.0 cm³/mol. The fourth-order valence-electron chi connectivity index (χ4n) is 1.90. The van der Waals surface area contributed by atoms with Gasteiger partial charge in [-0.15, -0.1) is 11.3 Å². The first-order chi connectivity index (χ1) is 11.0. The quantitative estimate of drug-likeness (QED) is 0.874. The lowest BCUT2D eigenvalue weighted by molar-refractivity contribution is -0.116. The van der Waals surface area contributed by atoms with Crippen LogP contribution < -0.4 is 16.6 Å². The Morgan fingerprint density at radius 3 is 2.61 bits per heavy atom. The average molecular weight is 329 g/mol. The van der Waals surface area contributed by atoms with Gasteiger partial charge in [-0.2, -0.15) is 10.5 Å². The van der Waals surface area contributed by atoms with E-state index in [4.69, 9.17) is 10.5 Å². The molecule has 0 unspecified atom stereocenters. The molecule has 2 aromatic rings. The van der Waals surface area contributed by atoms with Gasteiger partial charge in [-0.05, 0) is 18.4 Å². The van der Waals surface area contributed by atoms with E-state index >= 15 is 0 Å². The lowest BCUT2D eigenvalue weighted by atomic mass is 10.3. The summed E-state index contributed by atoms with van der Waals surface area (Å²) >= 11 is 1.16. The van der Waals surface area contributed by atoms with Crippen molar-refractivity contribution in [3.8, 4) is 12.1 Å². The number of anilines is 1. The van der Waals surface area contributed by atoms with Gasteiger partial charge in [0.2, 0.25) is 5.91 Å². The first-order valence-electron chi connectivity index (χ1n) is 6.53. The fourth-order valence-corrected chi connectivity index (χ4v) is 2.65. The van der Waals surface area contributed by atoms with Crippen molar-refractivity contribution in [2.75, 3.05) is 5.32 Å². The summed E-state index contributed by atoms with van der Waals surface area (Å²) in [6, 6.07) is 5.18. The van der Waals surface area contributed by atoms with Gasteiger partial charge in [-0.1, -0.05) is 0 Å². The first-order valence-corrected chi connectivity index (χ1v) is 7.41. The van der Waals surface area contributed by atoms with E-state index < -0.39 is 23.7 Å². The smallest absolute Gasteiger partial charge is 0.315 e. The topological polar surface area (TPSA) is 121 Å². The van der Waals surface area contributed by atoms with Crippen LogP contribution in [0.15, 0.2) is 27.2 Å². The van der Waals surface area contributed by atoms with E-state index in [0.717, 1.165) is 11.3 Å². The highest BCUT2D eigenvalue weighted by molar-refractivity contribution is 7.14. The maximum Gasteiger partial charge on any atom is 0.331 e. The van der Waals surface area contributed by atoms with Crippen LogP contribution in [0.4, 0.5) is 5.00 Å². The van der Waals surface area contributed by atoms with Crippen LogP contribution in [-0.2, 0) is 17.9 Å². The Kier molecular flexibility index (Phi) is 4.74. The van der Waals surface area contributed by atoms with Crippen molar-refractivity contribution in [2.24, 2.45) is 0 Å². The van der Waals surface area contributed by atoms with E-state index in [1.807, 2.05) is 6.07 Å². The number of nitrogens with one attached hydrogen (secondary N) is 1. The van der Waals surface area contributed by atoms with E-state index in [1.54, 1.807) is 24.4 Å². The number of aromatic nitrogens is 2. The zero-order chi connectivity index (χ0) is 17.0. The van der Waals surface area contributed by atoms with Gasteiger partial charge in [-0.3, -0.25) is 14.2 Å². The number of carbonyl (C=O) groups excluding carboxylic acids is 1. The highest BCUT2D eigenvalue weighted by Gasteiger charge is 2.15. The Labute approximate surface area is 134 Å². The highest BCUT2D eigenvalue weighted by Crippen LogP contribution is 2.21. The summed E-state index contributed by atoms with van der Waals surface area (Å²) in [6.07, 6.45) is 1.17. The van der Waals surface area contributed by atoms with Gasteiger partial charge in [0, 0.05) is 12.7 Å². The van der Waals surface area contributed by atoms with Crippen LogP contribution in [0.5, 0.6) is 0 Å². The molecule has 0 saturated carbocycles. The van der Waals surface area contributed by atoms with Crippen LogP contribution in [-0.4, -0.2) is 15.0 Å². The summed E-state index contributed by atoms with van der Waals surface area (Å²) < 4.78 is 1.89. The van der Waals surface area contributed by atoms with Crippen LogP contribution >= 0.6 is 11.3 Å². The summed E-state index contributed by atoms with van der Waals surface area (Å²) in [5.74, 6) is -0.624. The minimum Gasteiger partial charge on any atom is -0.315 e. The van der Waals surface area contributed by atoms with Gasteiger partial charge in [0.1, 0.15) is 29.2 Å². The molecular formula is C14H11N5O3S. The molecule has 1 N–H and O–H groups in total. The molecule has 116 valence electrons. The van der Waals surface area contributed by atoms with Crippen molar-refractivity contribution in [1.29, 1.82) is 10.5 Å². The zero-order valence-electron chi connectivity index (χ0n) is 12.1. The number of aryl methyl sites for hydroxylation is 1. The molecule has 0 aliphatic carbocycles. The fraction of sp³-hybridized carbons (Fsp3) is 0.214. The molecule has 0 fully saturated rings. The van der Waals surface area contributed by atoms with E-state index in [9.17, 15) is 14.4 Å². The van der Waals surface area contributed by atoms with Crippen LogP contribution in [0.25, 0.3) is 0 Å². The van der Waals surface area contributed by atoms with Crippen LogP contribution in [0, 0.1) is 22.7 Å². The maximum absolute atomic E-state index is 12.1. The largest absolute Gasteiger partial charge is 0.331 e. The van der Waals surface area contributed by atoms with Crippen molar-refractivity contribution >= 4 is 22.2 Å². The normalized spacial score (nSPS) is 9.87. The molecule has 0 saturated heterocycles. The number of nitrogens with zero attached hydrogens (tertiary/aromatic N) is 4. The Hall–Kier alpha value is -3.17. The van der Waals surface area contributed by atoms with Crippen LogP contribution in [0.3, 0.4) is 0 Å². The van der Waals surface area contributed by atoms with Gasteiger partial charge >= 0.3 is 5.69 Å². The van der Waals surface area contributed by atoms with Gasteiger partial charge in [0.25, 0.3) is 5.56 Å². The summed E-state index contributed by atoms with van der Waals surface area (Å²) in [5, 5.41) is 22.3. The molecule has 9 heteroatoms. The number of carbonyl (C=O) groups is 1. The summed E-state index contributed by atoms with van der Waals surface area (Å²) in [4.78, 5) is 36.2. The standard InChI is InChI=1S/C14H11N5O3S/c1-2-18-7-10(6-16)13(21)19(14(18)22)8-11(20)17-12-9(5-15)3-4-23-12/h3-4,7H,2,8H2,1H3,(H,17,20). The van der Waals surface area contributed by atoms with Gasteiger partial charge < -0.3 is 5.32 Å². The monoisotopic (exact) mass is 329 g/mol. The molecule has 2 rings (SSSR count). The Bertz CT molecular complexity index is 955. The molecule has 2 aromatic heterocycles. The third kappa shape index (κ3) is 3.20. The third-order valence-corrected chi connectivity index (χ3v) is 3.87. The van der Waals surface area contributed by atoms with Crippen LogP contribution in [0.1, 0.15) is 18.1 Å². The molecule has 0 spiro atoms. The van der Waals surface area contributed by atoms with E-state index in [2.05, 4.69) is 5.32 Å². The molecule has 23 heavy (non-hydrogen) atoms. The second-order valence-electron chi connectivity index (χ2n) is 4.44. The van der Waals surface area contributed by atoms with Crippen molar-refractivity contribution in [1.82, 2.24) is 9.13 Å². The second-order valence-corrected chi connectivity index (χ2v) is 5.35. The molecule has 0 aliphatic heterocycles. The molecule has 0 bridgehead atoms. The summed E-state index contributed by atoms with van der Waals surface area (Å²) in [6.45, 7) is 1.41. The number of rotatable bonds is 4. The third-order valence-electron chi connectivity index (χ3n) is 3.04. The van der Waals surface area contributed by atoms with E-state index in [-0.39, 0.29) is 12.1 Å². The van der Waals surface area contributed by atoms with Gasteiger partial charge in [0.05, 0.1) is 5.56 Å². The minimum absolute atomic E-state index is 0.215. The number of hydrogen-bond acceptors (Lipinski definition) is 6. The lowest BCUT2D eigenvalue weighted by Crippen LogP contribution is -2.43. The first kappa shape index (κ1) is 16.2. The van der Waals surface area contributed by atoms with Gasteiger partial charge in [-0.25, -0.2) is 9.36 Å². The number of amides is 1. The molecule has 2 heterocycles. The number of hydrogen-bond donors (Lipinski definition) is 1. The minimum atomic E-state index is -0.816. The van der Waals surface area contributed by atoms with E-state index in [0.29, 0.717) is 15.1 Å². The van der Waals surface area contributed by atoms with Crippen molar-refractivity contribution in [3.05, 3.63) is 49.6 Å². The number of nitriles is 2. The zero-order valence-corrected chi connectivity index (χ0v) is 12.9. The molecular weight excluding hydrogens is 318 g/mol. The van der Waals surface area contributed by atoms with Crippen LogP contribution in [0.2, 0.25) is 0 Å². The molecule has 0 radical (unpaired) electrons. The molecule has 8 nitrogen and oxygen atoms in total. The highest BCUT2D eigenvalue weighted by atomic mass is 32.1. The SMILES string of the molecule is CCn1cc(C#N)c(=O)n(CC(=O)Nc2sccc2C#N)c1=O. The second kappa shape index (κ2) is 6.73. The molecule has 0 aromatic carbocycles. The Morgan fingerprint density at radius 1 is 1.30 bits per heavy atom. The molecule has 0 aliphatic rings. The Morgan fingerprint density at radius 2 is 2.00 bits per heavy atom. The maximum atomic E-state index is 12.1. The van der Waals surface area contributed by atoms with E-state index in [1.165, 1.54) is 10.8 Å².